The molecule has 0 amide bonds. The molecular weight excluding hydrogens is 488 g/mol. The summed E-state index contributed by atoms with van der Waals surface area (Å²) in [5.41, 5.74) is 1.16. The summed E-state index contributed by atoms with van der Waals surface area (Å²) in [4.78, 5) is 24.7. The highest BCUT2D eigenvalue weighted by atomic mass is 19.1. The molecule has 4 heterocycles. The van der Waals surface area contributed by atoms with Crippen molar-refractivity contribution >= 4 is 11.0 Å². The molecular formula is C29H25F2N5O2. The van der Waals surface area contributed by atoms with Crippen LogP contribution < -0.4 is 15.6 Å². The number of aromatic nitrogens is 4. The molecule has 2 atom stereocenters. The van der Waals surface area contributed by atoms with Crippen molar-refractivity contribution in [1.82, 2.24) is 24.8 Å². The second-order valence-electron chi connectivity index (χ2n) is 9.05. The minimum Gasteiger partial charge on any atom is -0.462 e. The minimum absolute atomic E-state index is 0.0685. The number of rotatable bonds is 6. The second kappa shape index (κ2) is 11.3. The average molecular weight is 514 g/mol. The SMILES string of the molecule is Cn1cccc(C(CC#CC#Cc2nc(OC[C@@H]3CCCN3)nc3[nH]ccc23)c2cc(F)ccc2F)c1=O. The number of halogens is 2. The summed E-state index contributed by atoms with van der Waals surface area (Å²) in [5.74, 6) is 9.45. The Labute approximate surface area is 218 Å². The van der Waals surface area contributed by atoms with E-state index in [-0.39, 0.29) is 29.6 Å². The first-order chi connectivity index (χ1) is 18.5. The molecule has 1 unspecified atom stereocenters. The Morgan fingerprint density at radius 1 is 1.18 bits per heavy atom. The number of nitrogens with one attached hydrogen (secondary N) is 2. The summed E-state index contributed by atoms with van der Waals surface area (Å²) >= 11 is 0. The molecule has 0 saturated carbocycles. The number of benzene rings is 1. The first kappa shape index (κ1) is 25.2. The van der Waals surface area contributed by atoms with E-state index in [0.29, 0.717) is 23.5 Å². The molecule has 38 heavy (non-hydrogen) atoms. The Kier molecular flexibility index (Phi) is 7.48. The molecule has 2 N–H and O–H groups in total. The van der Waals surface area contributed by atoms with Gasteiger partial charge in [0.25, 0.3) is 5.56 Å². The van der Waals surface area contributed by atoms with Crippen LogP contribution in [0.3, 0.4) is 0 Å². The number of aryl methyl sites for hydroxylation is 1. The van der Waals surface area contributed by atoms with Crippen LogP contribution in [0.1, 0.15) is 42.0 Å². The molecule has 0 radical (unpaired) electrons. The highest BCUT2D eigenvalue weighted by Crippen LogP contribution is 2.28. The van der Waals surface area contributed by atoms with Gasteiger partial charge in [0.15, 0.2) is 0 Å². The van der Waals surface area contributed by atoms with Crippen molar-refractivity contribution in [1.29, 1.82) is 0 Å². The molecule has 4 aromatic rings. The van der Waals surface area contributed by atoms with Gasteiger partial charge in [-0.05, 0) is 73.0 Å². The van der Waals surface area contributed by atoms with E-state index in [9.17, 15) is 13.6 Å². The van der Waals surface area contributed by atoms with Crippen LogP contribution in [0.5, 0.6) is 6.01 Å². The number of hydrogen-bond acceptors (Lipinski definition) is 5. The van der Waals surface area contributed by atoms with Crippen molar-refractivity contribution in [3.05, 3.63) is 87.6 Å². The number of nitrogens with zero attached hydrogens (tertiary/aromatic N) is 3. The summed E-state index contributed by atoms with van der Waals surface area (Å²) in [6.45, 7) is 1.45. The molecule has 7 nitrogen and oxygen atoms in total. The lowest BCUT2D eigenvalue weighted by Crippen LogP contribution is -2.28. The summed E-state index contributed by atoms with van der Waals surface area (Å²) in [5, 5.41) is 4.10. The highest BCUT2D eigenvalue weighted by molar-refractivity contribution is 5.81. The Bertz CT molecular complexity index is 1650. The second-order valence-corrected chi connectivity index (χ2v) is 9.05. The average Bonchev–Trinajstić information content (AvgIpc) is 3.61. The van der Waals surface area contributed by atoms with E-state index in [2.05, 4.69) is 44.0 Å². The van der Waals surface area contributed by atoms with Crippen LogP contribution in [0.2, 0.25) is 0 Å². The molecule has 1 fully saturated rings. The van der Waals surface area contributed by atoms with Crippen LogP contribution in [0, 0.1) is 35.3 Å². The minimum atomic E-state index is -0.764. The molecule has 1 aliphatic rings. The van der Waals surface area contributed by atoms with Crippen molar-refractivity contribution in [2.45, 2.75) is 31.2 Å². The standard InChI is InChI=1S/C29H25F2N5O2/c1-36-16-6-9-22(28(36)37)21(24-17-19(30)11-12-25(24)31)8-3-2-4-10-26-23-13-15-33-27(23)35-29(34-26)38-18-20-7-5-14-32-20/h6,9,11-13,15-17,20-21,32H,5,7-8,14,18H2,1H3,(H,33,34,35)/t20-,21?/m0/s1. The maximum absolute atomic E-state index is 14.7. The van der Waals surface area contributed by atoms with Gasteiger partial charge in [-0.1, -0.05) is 12.0 Å². The van der Waals surface area contributed by atoms with E-state index in [4.69, 9.17) is 4.74 Å². The predicted octanol–water partition coefficient (Wildman–Crippen LogP) is 3.64. The van der Waals surface area contributed by atoms with Gasteiger partial charge in [-0.3, -0.25) is 4.79 Å². The quantitative estimate of drug-likeness (QED) is 0.385. The van der Waals surface area contributed by atoms with Gasteiger partial charge in [-0.15, -0.1) is 0 Å². The maximum atomic E-state index is 14.7. The lowest BCUT2D eigenvalue weighted by atomic mass is 9.89. The first-order valence-electron chi connectivity index (χ1n) is 12.3. The number of ether oxygens (including phenoxy) is 1. The molecule has 1 aromatic carbocycles. The van der Waals surface area contributed by atoms with Crippen LogP contribution in [-0.4, -0.2) is 38.7 Å². The molecule has 3 aromatic heterocycles. The normalized spacial score (nSPS) is 15.4. The lowest BCUT2D eigenvalue weighted by Gasteiger charge is -2.16. The fourth-order valence-electron chi connectivity index (χ4n) is 4.50. The largest absolute Gasteiger partial charge is 0.462 e. The van der Waals surface area contributed by atoms with Gasteiger partial charge in [0.1, 0.15) is 29.6 Å². The third kappa shape index (κ3) is 5.59. The molecule has 0 aliphatic carbocycles. The van der Waals surface area contributed by atoms with Gasteiger partial charge in [-0.25, -0.2) is 8.78 Å². The summed E-state index contributed by atoms with van der Waals surface area (Å²) in [6, 6.07) is 8.82. The van der Waals surface area contributed by atoms with Crippen molar-refractivity contribution in [3.63, 3.8) is 0 Å². The van der Waals surface area contributed by atoms with Crippen molar-refractivity contribution < 1.29 is 13.5 Å². The summed E-state index contributed by atoms with van der Waals surface area (Å²) in [6.07, 6.45) is 5.58. The number of hydrogen-bond donors (Lipinski definition) is 2. The lowest BCUT2D eigenvalue weighted by molar-refractivity contribution is 0.258. The maximum Gasteiger partial charge on any atom is 0.319 e. The molecule has 0 spiro atoms. The fourth-order valence-corrected chi connectivity index (χ4v) is 4.50. The van der Waals surface area contributed by atoms with Gasteiger partial charge in [-0.2, -0.15) is 9.97 Å². The Morgan fingerprint density at radius 3 is 2.92 bits per heavy atom. The van der Waals surface area contributed by atoms with Gasteiger partial charge in [0.05, 0.1) is 5.39 Å². The number of aromatic amines is 1. The monoisotopic (exact) mass is 513 g/mol. The van der Waals surface area contributed by atoms with Crippen LogP contribution in [0.15, 0.2) is 53.6 Å². The Hall–Kier alpha value is -4.47. The van der Waals surface area contributed by atoms with Crippen molar-refractivity contribution in [2.24, 2.45) is 7.05 Å². The van der Waals surface area contributed by atoms with Crippen LogP contribution in [0.4, 0.5) is 8.78 Å². The van der Waals surface area contributed by atoms with Gasteiger partial charge < -0.3 is 19.6 Å². The van der Waals surface area contributed by atoms with Crippen LogP contribution in [-0.2, 0) is 7.05 Å². The van der Waals surface area contributed by atoms with Crippen LogP contribution in [0.25, 0.3) is 11.0 Å². The highest BCUT2D eigenvalue weighted by Gasteiger charge is 2.21. The number of fused-ring (bicyclic) bond motifs is 1. The van der Waals surface area contributed by atoms with Gasteiger partial charge in [0, 0.05) is 43.4 Å². The third-order valence-electron chi connectivity index (χ3n) is 6.47. The Morgan fingerprint density at radius 2 is 2.08 bits per heavy atom. The molecule has 1 saturated heterocycles. The summed E-state index contributed by atoms with van der Waals surface area (Å²) in [7, 11) is 1.60. The third-order valence-corrected chi connectivity index (χ3v) is 6.47. The zero-order valence-electron chi connectivity index (χ0n) is 20.7. The van der Waals surface area contributed by atoms with E-state index in [0.717, 1.165) is 43.0 Å². The van der Waals surface area contributed by atoms with E-state index < -0.39 is 17.6 Å². The van der Waals surface area contributed by atoms with E-state index in [1.165, 1.54) is 4.57 Å². The number of pyridine rings is 1. The van der Waals surface area contributed by atoms with Crippen molar-refractivity contribution in [3.8, 4) is 29.7 Å². The molecule has 5 rings (SSSR count). The molecule has 0 bridgehead atoms. The first-order valence-corrected chi connectivity index (χ1v) is 12.3. The molecule has 192 valence electrons. The number of H-pyrrole nitrogens is 1. The zero-order chi connectivity index (χ0) is 26.5. The van der Waals surface area contributed by atoms with Crippen molar-refractivity contribution in [2.75, 3.05) is 13.2 Å². The fraction of sp³-hybridized carbons (Fsp3) is 0.276. The van der Waals surface area contributed by atoms with E-state index in [1.54, 1.807) is 31.6 Å². The predicted molar refractivity (Wildman–Crippen MR) is 140 cm³/mol. The zero-order valence-corrected chi connectivity index (χ0v) is 20.7. The van der Waals surface area contributed by atoms with Crippen LogP contribution >= 0.6 is 0 Å². The Balaban J connectivity index is 1.40. The van der Waals surface area contributed by atoms with E-state index in [1.807, 2.05) is 6.07 Å². The topological polar surface area (TPSA) is 84.8 Å². The van der Waals surface area contributed by atoms with E-state index >= 15 is 0 Å². The summed E-state index contributed by atoms with van der Waals surface area (Å²) < 4.78 is 35.8. The van der Waals surface area contributed by atoms with Gasteiger partial charge >= 0.3 is 6.01 Å². The smallest absolute Gasteiger partial charge is 0.319 e. The molecule has 1 aliphatic heterocycles. The molecule has 9 heteroatoms. The van der Waals surface area contributed by atoms with Gasteiger partial charge in [0.2, 0.25) is 0 Å².